The van der Waals surface area contributed by atoms with E-state index in [9.17, 15) is 9.18 Å². The Morgan fingerprint density at radius 3 is 2.91 bits per heavy atom. The molecule has 6 nitrogen and oxygen atoms in total. The summed E-state index contributed by atoms with van der Waals surface area (Å²) >= 11 is 0. The van der Waals surface area contributed by atoms with Gasteiger partial charge in [-0.3, -0.25) is 4.98 Å². The lowest BCUT2D eigenvalue weighted by Gasteiger charge is -2.09. The standard InChI is InChI=1S/C15H16FN3O3/c1-3-22-14-9-17-8-13(19-14)18-7-11-6-10(15(20)21-2)4-5-12(11)16/h4-6,8-9H,3,7H2,1-2H3,(H,18,19). The first kappa shape index (κ1) is 15.7. The maximum atomic E-state index is 13.8. The second kappa shape index (κ2) is 7.35. The third-order valence-corrected chi connectivity index (χ3v) is 2.83. The van der Waals surface area contributed by atoms with E-state index in [0.29, 0.717) is 23.9 Å². The molecule has 0 unspecified atom stereocenters. The number of methoxy groups -OCH3 is 1. The van der Waals surface area contributed by atoms with Gasteiger partial charge in [0.1, 0.15) is 11.6 Å². The highest BCUT2D eigenvalue weighted by atomic mass is 19.1. The normalized spacial score (nSPS) is 10.1. The Hall–Kier alpha value is -2.70. The van der Waals surface area contributed by atoms with Gasteiger partial charge in [0, 0.05) is 12.1 Å². The zero-order chi connectivity index (χ0) is 15.9. The molecule has 1 aromatic heterocycles. The summed E-state index contributed by atoms with van der Waals surface area (Å²) in [5, 5.41) is 2.94. The van der Waals surface area contributed by atoms with E-state index in [1.807, 2.05) is 6.92 Å². The van der Waals surface area contributed by atoms with Crippen LogP contribution in [0.5, 0.6) is 5.88 Å². The van der Waals surface area contributed by atoms with E-state index in [1.165, 1.54) is 37.7 Å². The lowest BCUT2D eigenvalue weighted by Crippen LogP contribution is -2.08. The number of halogens is 1. The van der Waals surface area contributed by atoms with Gasteiger partial charge in [0.2, 0.25) is 5.88 Å². The summed E-state index contributed by atoms with van der Waals surface area (Å²) in [7, 11) is 1.28. The third kappa shape index (κ3) is 3.91. The van der Waals surface area contributed by atoms with Crippen molar-refractivity contribution >= 4 is 11.8 Å². The fraction of sp³-hybridized carbons (Fsp3) is 0.267. The van der Waals surface area contributed by atoms with Crippen molar-refractivity contribution in [2.75, 3.05) is 19.0 Å². The summed E-state index contributed by atoms with van der Waals surface area (Å²) in [6, 6.07) is 4.04. The predicted molar refractivity (Wildman–Crippen MR) is 78.3 cm³/mol. The number of hydrogen-bond acceptors (Lipinski definition) is 6. The zero-order valence-electron chi connectivity index (χ0n) is 12.3. The van der Waals surface area contributed by atoms with Gasteiger partial charge in [-0.1, -0.05) is 0 Å². The molecular weight excluding hydrogens is 289 g/mol. The number of hydrogen-bond donors (Lipinski definition) is 1. The van der Waals surface area contributed by atoms with E-state index in [-0.39, 0.29) is 12.1 Å². The molecule has 0 saturated carbocycles. The largest absolute Gasteiger partial charge is 0.477 e. The minimum atomic E-state index is -0.514. The first-order valence-corrected chi connectivity index (χ1v) is 6.69. The number of aromatic nitrogens is 2. The number of ether oxygens (including phenoxy) is 2. The summed E-state index contributed by atoms with van der Waals surface area (Å²) in [6.07, 6.45) is 3.00. The van der Waals surface area contributed by atoms with Crippen LogP contribution in [0.3, 0.4) is 0 Å². The lowest BCUT2D eigenvalue weighted by molar-refractivity contribution is 0.0600. The van der Waals surface area contributed by atoms with E-state index >= 15 is 0 Å². The monoisotopic (exact) mass is 305 g/mol. The maximum absolute atomic E-state index is 13.8. The molecule has 0 amide bonds. The molecule has 2 aromatic rings. The Balaban J connectivity index is 2.10. The van der Waals surface area contributed by atoms with Gasteiger partial charge < -0.3 is 14.8 Å². The molecule has 0 aliphatic carbocycles. The van der Waals surface area contributed by atoms with Gasteiger partial charge in [0.15, 0.2) is 0 Å². The molecule has 1 aromatic carbocycles. The number of anilines is 1. The van der Waals surface area contributed by atoms with Crippen LogP contribution in [0.4, 0.5) is 10.2 Å². The molecule has 0 aliphatic rings. The minimum absolute atomic E-state index is 0.154. The van der Waals surface area contributed by atoms with Crippen molar-refractivity contribution in [1.82, 2.24) is 9.97 Å². The molecule has 0 bridgehead atoms. The first-order chi connectivity index (χ1) is 10.6. The van der Waals surface area contributed by atoms with E-state index in [1.54, 1.807) is 0 Å². The van der Waals surface area contributed by atoms with Crippen LogP contribution in [0.15, 0.2) is 30.6 Å². The van der Waals surface area contributed by atoms with Crippen molar-refractivity contribution in [3.05, 3.63) is 47.5 Å². The van der Waals surface area contributed by atoms with E-state index in [2.05, 4.69) is 20.0 Å². The van der Waals surface area contributed by atoms with Gasteiger partial charge in [0.25, 0.3) is 0 Å². The van der Waals surface area contributed by atoms with Crippen molar-refractivity contribution in [2.24, 2.45) is 0 Å². The molecule has 116 valence electrons. The molecule has 0 atom stereocenters. The number of carbonyl (C=O) groups excluding carboxylic acids is 1. The van der Waals surface area contributed by atoms with Gasteiger partial charge in [-0.25, -0.2) is 9.18 Å². The van der Waals surface area contributed by atoms with Crippen LogP contribution in [0.1, 0.15) is 22.8 Å². The third-order valence-electron chi connectivity index (χ3n) is 2.83. The molecule has 0 spiro atoms. The fourth-order valence-corrected chi connectivity index (χ4v) is 1.79. The van der Waals surface area contributed by atoms with E-state index in [4.69, 9.17) is 4.74 Å². The molecule has 1 N–H and O–H groups in total. The summed E-state index contributed by atoms with van der Waals surface area (Å²) in [6.45, 7) is 2.48. The van der Waals surface area contributed by atoms with Crippen molar-refractivity contribution in [3.8, 4) is 5.88 Å². The van der Waals surface area contributed by atoms with Gasteiger partial charge in [-0.05, 0) is 25.1 Å². The van der Waals surface area contributed by atoms with Crippen molar-refractivity contribution in [2.45, 2.75) is 13.5 Å². The molecule has 0 fully saturated rings. The molecule has 2 rings (SSSR count). The average molecular weight is 305 g/mol. The van der Waals surface area contributed by atoms with Crippen LogP contribution in [-0.4, -0.2) is 29.7 Å². The molecule has 0 radical (unpaired) electrons. The number of carbonyl (C=O) groups is 1. The van der Waals surface area contributed by atoms with Crippen molar-refractivity contribution < 1.29 is 18.7 Å². The second-order valence-corrected chi connectivity index (χ2v) is 4.33. The molecule has 7 heteroatoms. The molecule has 22 heavy (non-hydrogen) atoms. The number of nitrogens with one attached hydrogen (secondary N) is 1. The Kier molecular flexibility index (Phi) is 5.24. The topological polar surface area (TPSA) is 73.3 Å². The smallest absolute Gasteiger partial charge is 0.337 e. The summed E-state index contributed by atoms with van der Waals surface area (Å²) < 4.78 is 23.6. The van der Waals surface area contributed by atoms with E-state index in [0.717, 1.165) is 0 Å². The van der Waals surface area contributed by atoms with Crippen molar-refractivity contribution in [1.29, 1.82) is 0 Å². The number of esters is 1. The maximum Gasteiger partial charge on any atom is 0.337 e. The first-order valence-electron chi connectivity index (χ1n) is 6.69. The SMILES string of the molecule is CCOc1cncc(NCc2cc(C(=O)OC)ccc2F)n1. The summed E-state index contributed by atoms with van der Waals surface area (Å²) in [5.41, 5.74) is 0.612. The minimum Gasteiger partial charge on any atom is -0.477 e. The Labute approximate surface area is 127 Å². The van der Waals surface area contributed by atoms with Crippen LogP contribution < -0.4 is 10.1 Å². The van der Waals surface area contributed by atoms with Crippen LogP contribution in [0.25, 0.3) is 0 Å². The van der Waals surface area contributed by atoms with E-state index < -0.39 is 11.8 Å². The summed E-state index contributed by atoms with van der Waals surface area (Å²) in [4.78, 5) is 19.6. The van der Waals surface area contributed by atoms with Gasteiger partial charge >= 0.3 is 5.97 Å². The quantitative estimate of drug-likeness (QED) is 0.826. The lowest BCUT2D eigenvalue weighted by atomic mass is 10.1. The number of rotatable bonds is 6. The molecule has 0 saturated heterocycles. The molecular formula is C15H16FN3O3. The Bertz CT molecular complexity index is 664. The fourth-order valence-electron chi connectivity index (χ4n) is 1.79. The zero-order valence-corrected chi connectivity index (χ0v) is 12.3. The average Bonchev–Trinajstić information content (AvgIpc) is 2.54. The Morgan fingerprint density at radius 2 is 2.18 bits per heavy atom. The van der Waals surface area contributed by atoms with Crippen LogP contribution in [0, 0.1) is 5.82 Å². The van der Waals surface area contributed by atoms with Gasteiger partial charge in [0.05, 0.1) is 31.7 Å². The van der Waals surface area contributed by atoms with Crippen LogP contribution in [0.2, 0.25) is 0 Å². The highest BCUT2D eigenvalue weighted by molar-refractivity contribution is 5.89. The van der Waals surface area contributed by atoms with Gasteiger partial charge in [-0.15, -0.1) is 0 Å². The summed E-state index contributed by atoms with van der Waals surface area (Å²) in [5.74, 6) is -0.0986. The number of benzene rings is 1. The van der Waals surface area contributed by atoms with Crippen LogP contribution >= 0.6 is 0 Å². The predicted octanol–water partition coefficient (Wildman–Crippen LogP) is 2.41. The van der Waals surface area contributed by atoms with Crippen molar-refractivity contribution in [3.63, 3.8) is 0 Å². The highest BCUT2D eigenvalue weighted by Gasteiger charge is 2.10. The molecule has 0 aliphatic heterocycles. The second-order valence-electron chi connectivity index (χ2n) is 4.33. The number of nitrogens with zero attached hydrogens (tertiary/aromatic N) is 2. The molecule has 1 heterocycles. The van der Waals surface area contributed by atoms with Crippen LogP contribution in [-0.2, 0) is 11.3 Å². The van der Waals surface area contributed by atoms with Gasteiger partial charge in [-0.2, -0.15) is 4.98 Å². The Morgan fingerprint density at radius 1 is 1.36 bits per heavy atom. The highest BCUT2D eigenvalue weighted by Crippen LogP contribution is 2.15.